The molecule has 4 rings (SSSR count). The van der Waals surface area contributed by atoms with E-state index in [4.69, 9.17) is 13.9 Å². The zero-order valence-electron chi connectivity index (χ0n) is 17.3. The van der Waals surface area contributed by atoms with Gasteiger partial charge in [-0.3, -0.25) is 0 Å². The van der Waals surface area contributed by atoms with Crippen LogP contribution in [0.1, 0.15) is 35.2 Å². The summed E-state index contributed by atoms with van der Waals surface area (Å²) in [7, 11) is 0. The van der Waals surface area contributed by atoms with Gasteiger partial charge in [-0.05, 0) is 42.2 Å². The van der Waals surface area contributed by atoms with Crippen molar-refractivity contribution in [3.63, 3.8) is 0 Å². The van der Waals surface area contributed by atoms with Gasteiger partial charge in [-0.2, -0.15) is 0 Å². The van der Waals surface area contributed by atoms with E-state index in [1.165, 1.54) is 0 Å². The lowest BCUT2D eigenvalue weighted by Gasteiger charge is -2.39. The van der Waals surface area contributed by atoms with Crippen LogP contribution in [0.25, 0.3) is 5.57 Å². The second-order valence-corrected chi connectivity index (χ2v) is 7.82. The van der Waals surface area contributed by atoms with Crippen molar-refractivity contribution >= 4 is 5.57 Å². The standard InChI is InChI=1S/C22H26N2O7/c1-11-9-15(13-3-5-14(6-4-13)21-24-23-12(2)29-21)7-8-16(11)30-22-20(28)19(27)18(26)17(10-25)31-22/h3-5,7-9,14,17-20,22,25-28H,6,10H2,1-2H3. The summed E-state index contributed by atoms with van der Waals surface area (Å²) in [5.41, 5.74) is 2.85. The average Bonchev–Trinajstić information content (AvgIpc) is 3.21. The molecule has 0 saturated carbocycles. The molecule has 166 valence electrons. The highest BCUT2D eigenvalue weighted by Crippen LogP contribution is 2.32. The molecule has 1 aliphatic carbocycles. The summed E-state index contributed by atoms with van der Waals surface area (Å²) in [5.74, 6) is 1.67. The first-order chi connectivity index (χ1) is 14.9. The van der Waals surface area contributed by atoms with Crippen LogP contribution < -0.4 is 4.74 Å². The summed E-state index contributed by atoms with van der Waals surface area (Å²) in [4.78, 5) is 0. The third-order valence-electron chi connectivity index (χ3n) is 5.56. The number of nitrogens with zero attached hydrogens (tertiary/aromatic N) is 2. The van der Waals surface area contributed by atoms with Gasteiger partial charge in [0.25, 0.3) is 0 Å². The SMILES string of the molecule is Cc1nnc(C2C=CC(c3ccc(OC4OC(CO)C(O)C(O)C4O)c(C)c3)=CC2)o1. The zero-order valence-corrected chi connectivity index (χ0v) is 17.3. The quantitative estimate of drug-likeness (QED) is 0.547. The molecule has 1 fully saturated rings. The van der Waals surface area contributed by atoms with Gasteiger partial charge < -0.3 is 34.3 Å². The van der Waals surface area contributed by atoms with Gasteiger partial charge in [0.2, 0.25) is 18.1 Å². The van der Waals surface area contributed by atoms with Crippen LogP contribution in [-0.4, -0.2) is 67.9 Å². The molecule has 4 N–H and O–H groups in total. The van der Waals surface area contributed by atoms with Crippen molar-refractivity contribution in [2.75, 3.05) is 6.61 Å². The van der Waals surface area contributed by atoms with Crippen molar-refractivity contribution in [3.05, 3.63) is 59.3 Å². The lowest BCUT2D eigenvalue weighted by molar-refractivity contribution is -0.277. The number of allylic oxidation sites excluding steroid dienone is 4. The lowest BCUT2D eigenvalue weighted by atomic mass is 9.92. The molecule has 0 amide bonds. The summed E-state index contributed by atoms with van der Waals surface area (Å²) in [5, 5.41) is 47.3. The summed E-state index contributed by atoms with van der Waals surface area (Å²) in [6, 6.07) is 5.60. The van der Waals surface area contributed by atoms with Gasteiger partial charge in [-0.25, -0.2) is 0 Å². The fourth-order valence-electron chi connectivity index (χ4n) is 3.73. The first-order valence-electron chi connectivity index (χ1n) is 10.1. The summed E-state index contributed by atoms with van der Waals surface area (Å²) >= 11 is 0. The number of hydrogen-bond acceptors (Lipinski definition) is 9. The van der Waals surface area contributed by atoms with E-state index in [9.17, 15) is 20.4 Å². The van der Waals surface area contributed by atoms with Crippen LogP contribution in [0, 0.1) is 13.8 Å². The van der Waals surface area contributed by atoms with Gasteiger partial charge >= 0.3 is 0 Å². The minimum atomic E-state index is -1.48. The van der Waals surface area contributed by atoms with Gasteiger partial charge in [0.05, 0.1) is 12.5 Å². The van der Waals surface area contributed by atoms with E-state index < -0.39 is 37.3 Å². The van der Waals surface area contributed by atoms with Crippen LogP contribution in [0.2, 0.25) is 0 Å². The zero-order chi connectivity index (χ0) is 22.1. The van der Waals surface area contributed by atoms with Crippen molar-refractivity contribution in [2.24, 2.45) is 0 Å². The Morgan fingerprint density at radius 1 is 1.10 bits per heavy atom. The fourth-order valence-corrected chi connectivity index (χ4v) is 3.73. The van der Waals surface area contributed by atoms with Gasteiger partial charge in [0, 0.05) is 6.92 Å². The minimum Gasteiger partial charge on any atom is -0.462 e. The Labute approximate surface area is 179 Å². The molecule has 1 aliphatic heterocycles. The molecule has 9 nitrogen and oxygen atoms in total. The van der Waals surface area contributed by atoms with Gasteiger partial charge in [-0.15, -0.1) is 10.2 Å². The largest absolute Gasteiger partial charge is 0.462 e. The maximum Gasteiger partial charge on any atom is 0.229 e. The van der Waals surface area contributed by atoms with Gasteiger partial charge in [-0.1, -0.05) is 24.3 Å². The summed E-state index contributed by atoms with van der Waals surface area (Å²) in [6.45, 7) is 3.12. The molecule has 2 aromatic rings. The topological polar surface area (TPSA) is 138 Å². The molecule has 1 saturated heterocycles. The Morgan fingerprint density at radius 2 is 1.90 bits per heavy atom. The van der Waals surface area contributed by atoms with E-state index in [1.807, 2.05) is 31.2 Å². The van der Waals surface area contributed by atoms with Crippen LogP contribution in [-0.2, 0) is 4.74 Å². The molecule has 6 unspecified atom stereocenters. The molecule has 2 aliphatic rings. The molecule has 2 heterocycles. The van der Waals surface area contributed by atoms with Crippen molar-refractivity contribution in [1.82, 2.24) is 10.2 Å². The van der Waals surface area contributed by atoms with Gasteiger partial charge in [0.15, 0.2) is 0 Å². The van der Waals surface area contributed by atoms with Crippen molar-refractivity contribution < 1.29 is 34.3 Å². The Bertz CT molecular complexity index is 984. The second-order valence-electron chi connectivity index (χ2n) is 7.82. The number of aliphatic hydroxyl groups excluding tert-OH is 4. The average molecular weight is 430 g/mol. The molecule has 0 radical (unpaired) electrons. The van der Waals surface area contributed by atoms with Crippen LogP contribution in [0.15, 0.2) is 40.8 Å². The normalized spacial score (nSPS) is 30.8. The van der Waals surface area contributed by atoms with E-state index in [1.54, 1.807) is 13.0 Å². The number of aryl methyl sites for hydroxylation is 2. The molecule has 1 aromatic carbocycles. The smallest absolute Gasteiger partial charge is 0.229 e. The van der Waals surface area contributed by atoms with E-state index in [-0.39, 0.29) is 5.92 Å². The number of hydrogen-bond donors (Lipinski definition) is 4. The minimum absolute atomic E-state index is 0.0554. The van der Waals surface area contributed by atoms with Crippen LogP contribution in [0.5, 0.6) is 5.75 Å². The molecule has 0 bridgehead atoms. The summed E-state index contributed by atoms with van der Waals surface area (Å²) < 4.78 is 16.7. The van der Waals surface area contributed by atoms with Gasteiger partial charge in [0.1, 0.15) is 30.2 Å². The second kappa shape index (κ2) is 8.89. The molecule has 0 spiro atoms. The molecule has 31 heavy (non-hydrogen) atoms. The Kier molecular flexibility index (Phi) is 6.22. The highest BCUT2D eigenvalue weighted by molar-refractivity contribution is 5.76. The van der Waals surface area contributed by atoms with Crippen molar-refractivity contribution in [2.45, 2.75) is 56.9 Å². The van der Waals surface area contributed by atoms with Crippen molar-refractivity contribution in [1.29, 1.82) is 0 Å². The molecular formula is C22H26N2O7. The number of aliphatic hydroxyl groups is 4. The maximum atomic E-state index is 10.2. The summed E-state index contributed by atoms with van der Waals surface area (Å²) in [6.07, 6.45) is 0.315. The van der Waals surface area contributed by atoms with E-state index >= 15 is 0 Å². The number of benzene rings is 1. The monoisotopic (exact) mass is 430 g/mol. The van der Waals surface area contributed by atoms with Crippen molar-refractivity contribution in [3.8, 4) is 5.75 Å². The van der Waals surface area contributed by atoms with E-state index in [0.717, 1.165) is 23.1 Å². The first kappa shape index (κ1) is 21.7. The van der Waals surface area contributed by atoms with E-state index in [0.29, 0.717) is 17.5 Å². The Balaban J connectivity index is 1.45. The molecular weight excluding hydrogens is 404 g/mol. The molecule has 9 heteroatoms. The van der Waals surface area contributed by atoms with Crippen LogP contribution >= 0.6 is 0 Å². The first-order valence-corrected chi connectivity index (χ1v) is 10.1. The third-order valence-corrected chi connectivity index (χ3v) is 5.56. The number of aromatic nitrogens is 2. The van der Waals surface area contributed by atoms with Crippen LogP contribution in [0.4, 0.5) is 0 Å². The molecule has 6 atom stereocenters. The number of ether oxygens (including phenoxy) is 2. The Hall–Kier alpha value is -2.56. The number of rotatable bonds is 5. The highest BCUT2D eigenvalue weighted by Gasteiger charge is 2.44. The fraction of sp³-hybridized carbons (Fsp3) is 0.455. The third kappa shape index (κ3) is 4.41. The lowest BCUT2D eigenvalue weighted by Crippen LogP contribution is -2.60. The predicted octanol–water partition coefficient (Wildman–Crippen LogP) is 0.992. The Morgan fingerprint density at radius 3 is 2.52 bits per heavy atom. The van der Waals surface area contributed by atoms with Crippen LogP contribution in [0.3, 0.4) is 0 Å². The predicted molar refractivity (Wildman–Crippen MR) is 109 cm³/mol. The van der Waals surface area contributed by atoms with E-state index in [2.05, 4.69) is 16.3 Å². The molecule has 1 aromatic heterocycles. The highest BCUT2D eigenvalue weighted by atomic mass is 16.7. The maximum absolute atomic E-state index is 10.2.